The molecule has 94 valence electrons. The number of nitrogens with one attached hydrogen (secondary N) is 1. The molecule has 3 rings (SSSR count). The molecule has 1 heterocycles. The standard InChI is InChI=1S/C15H13N3O/c19-18-14-10-16-15(11-6-2-1-3-7-11)12-8-4-5-9-13(12)17-14/h1-9,14,17H,10H2. The maximum Gasteiger partial charge on any atom is 0.180 e. The summed E-state index contributed by atoms with van der Waals surface area (Å²) in [5.41, 5.74) is 3.84. The average Bonchev–Trinajstić information content (AvgIpc) is 2.67. The molecule has 0 aliphatic carbocycles. The molecule has 1 aliphatic rings. The first-order valence-corrected chi connectivity index (χ1v) is 6.17. The minimum Gasteiger partial charge on any atom is -0.359 e. The van der Waals surface area contributed by atoms with Crippen molar-refractivity contribution in [2.24, 2.45) is 10.2 Å². The van der Waals surface area contributed by atoms with Gasteiger partial charge >= 0.3 is 0 Å². The molecule has 4 nitrogen and oxygen atoms in total. The molecule has 19 heavy (non-hydrogen) atoms. The Morgan fingerprint density at radius 2 is 1.79 bits per heavy atom. The lowest BCUT2D eigenvalue weighted by molar-refractivity contribution is 0.770. The van der Waals surface area contributed by atoms with Crippen LogP contribution in [0.2, 0.25) is 0 Å². The molecule has 0 saturated heterocycles. The van der Waals surface area contributed by atoms with Crippen LogP contribution in [0.25, 0.3) is 0 Å². The summed E-state index contributed by atoms with van der Waals surface area (Å²) in [7, 11) is 0. The number of benzene rings is 2. The van der Waals surface area contributed by atoms with E-state index in [2.05, 4.69) is 15.5 Å². The summed E-state index contributed by atoms with van der Waals surface area (Å²) in [6.07, 6.45) is -0.512. The predicted molar refractivity (Wildman–Crippen MR) is 76.6 cm³/mol. The molecule has 0 radical (unpaired) electrons. The monoisotopic (exact) mass is 251 g/mol. The van der Waals surface area contributed by atoms with Crippen molar-refractivity contribution in [2.45, 2.75) is 6.17 Å². The van der Waals surface area contributed by atoms with Crippen LogP contribution in [0, 0.1) is 4.91 Å². The van der Waals surface area contributed by atoms with Gasteiger partial charge in [0.05, 0.1) is 12.3 Å². The van der Waals surface area contributed by atoms with Gasteiger partial charge in [-0.3, -0.25) is 4.99 Å². The number of aliphatic imine (C=N–C) groups is 1. The number of fused-ring (bicyclic) bond motifs is 1. The second-order valence-electron chi connectivity index (χ2n) is 4.37. The van der Waals surface area contributed by atoms with Crippen molar-refractivity contribution < 1.29 is 0 Å². The van der Waals surface area contributed by atoms with E-state index in [1.165, 1.54) is 0 Å². The molecule has 0 aromatic heterocycles. The van der Waals surface area contributed by atoms with Crippen molar-refractivity contribution in [2.75, 3.05) is 11.9 Å². The van der Waals surface area contributed by atoms with E-state index in [0.29, 0.717) is 6.54 Å². The summed E-state index contributed by atoms with van der Waals surface area (Å²) >= 11 is 0. The number of anilines is 1. The van der Waals surface area contributed by atoms with Gasteiger partial charge in [-0.25, -0.2) is 0 Å². The quantitative estimate of drug-likeness (QED) is 0.834. The van der Waals surface area contributed by atoms with Crippen LogP contribution in [0.5, 0.6) is 0 Å². The number of rotatable bonds is 2. The Bertz CT molecular complexity index is 622. The van der Waals surface area contributed by atoms with Gasteiger partial charge in [0.15, 0.2) is 6.17 Å². The van der Waals surface area contributed by atoms with Gasteiger partial charge < -0.3 is 5.32 Å². The lowest BCUT2D eigenvalue weighted by atomic mass is 10.0. The summed E-state index contributed by atoms with van der Waals surface area (Å²) in [5, 5.41) is 6.18. The number of nitrogens with zero attached hydrogens (tertiary/aromatic N) is 2. The maximum atomic E-state index is 10.8. The molecule has 0 spiro atoms. The first-order valence-electron chi connectivity index (χ1n) is 6.17. The normalized spacial score (nSPS) is 17.7. The van der Waals surface area contributed by atoms with E-state index in [1.54, 1.807) is 0 Å². The van der Waals surface area contributed by atoms with E-state index >= 15 is 0 Å². The summed E-state index contributed by atoms with van der Waals surface area (Å²) in [5.74, 6) is 0. The summed E-state index contributed by atoms with van der Waals surface area (Å²) < 4.78 is 0. The molecule has 0 bridgehead atoms. The van der Waals surface area contributed by atoms with Gasteiger partial charge in [-0.1, -0.05) is 48.5 Å². The molecular weight excluding hydrogens is 238 g/mol. The number of benzodiazepines with no additional fused rings is 1. The Kier molecular flexibility index (Phi) is 3.06. The van der Waals surface area contributed by atoms with Crippen LogP contribution < -0.4 is 5.32 Å². The number of nitroso groups, excluding NO2 is 1. The Balaban J connectivity index is 2.13. The van der Waals surface area contributed by atoms with E-state index in [1.807, 2.05) is 54.6 Å². The third-order valence-electron chi connectivity index (χ3n) is 3.10. The molecule has 1 unspecified atom stereocenters. The van der Waals surface area contributed by atoms with Gasteiger partial charge in [0.1, 0.15) is 0 Å². The number of hydrogen-bond donors (Lipinski definition) is 1. The highest BCUT2D eigenvalue weighted by atomic mass is 16.3. The number of para-hydroxylation sites is 1. The molecule has 0 saturated carbocycles. The van der Waals surface area contributed by atoms with Crippen LogP contribution in [0.3, 0.4) is 0 Å². The van der Waals surface area contributed by atoms with Crippen molar-refractivity contribution in [1.29, 1.82) is 0 Å². The highest BCUT2D eigenvalue weighted by molar-refractivity contribution is 6.16. The van der Waals surface area contributed by atoms with E-state index in [4.69, 9.17) is 0 Å². The fraction of sp³-hybridized carbons (Fsp3) is 0.133. The predicted octanol–water partition coefficient (Wildman–Crippen LogP) is 3.04. The first-order chi connectivity index (χ1) is 9.38. The van der Waals surface area contributed by atoms with Crippen LogP contribution >= 0.6 is 0 Å². The molecule has 0 amide bonds. The zero-order valence-corrected chi connectivity index (χ0v) is 10.3. The fourth-order valence-corrected chi connectivity index (χ4v) is 2.21. The highest BCUT2D eigenvalue weighted by Crippen LogP contribution is 2.23. The highest BCUT2D eigenvalue weighted by Gasteiger charge is 2.18. The van der Waals surface area contributed by atoms with Crippen LogP contribution in [-0.2, 0) is 0 Å². The van der Waals surface area contributed by atoms with E-state index < -0.39 is 6.17 Å². The van der Waals surface area contributed by atoms with Crippen molar-refractivity contribution >= 4 is 11.4 Å². The Morgan fingerprint density at radius 3 is 2.58 bits per heavy atom. The van der Waals surface area contributed by atoms with Crippen LogP contribution in [-0.4, -0.2) is 18.4 Å². The van der Waals surface area contributed by atoms with Crippen molar-refractivity contribution in [3.8, 4) is 0 Å². The van der Waals surface area contributed by atoms with Gasteiger partial charge in [0, 0.05) is 16.8 Å². The molecule has 1 N–H and O–H groups in total. The van der Waals surface area contributed by atoms with E-state index in [0.717, 1.165) is 22.5 Å². The van der Waals surface area contributed by atoms with Crippen molar-refractivity contribution in [3.05, 3.63) is 70.6 Å². The first kappa shape index (κ1) is 11.6. The minimum absolute atomic E-state index is 0.350. The number of hydrogen-bond acceptors (Lipinski definition) is 4. The van der Waals surface area contributed by atoms with Crippen molar-refractivity contribution in [1.82, 2.24) is 0 Å². The van der Waals surface area contributed by atoms with Gasteiger partial charge in [-0.2, -0.15) is 0 Å². The van der Waals surface area contributed by atoms with E-state index in [-0.39, 0.29) is 0 Å². The van der Waals surface area contributed by atoms with Gasteiger partial charge in [0.2, 0.25) is 0 Å². The van der Waals surface area contributed by atoms with Crippen molar-refractivity contribution in [3.63, 3.8) is 0 Å². The second-order valence-corrected chi connectivity index (χ2v) is 4.37. The van der Waals surface area contributed by atoms with Gasteiger partial charge in [-0.15, -0.1) is 4.91 Å². The Labute approximate surface area is 111 Å². The average molecular weight is 251 g/mol. The minimum atomic E-state index is -0.512. The lowest BCUT2D eigenvalue weighted by Gasteiger charge is -2.11. The smallest absolute Gasteiger partial charge is 0.180 e. The zero-order valence-electron chi connectivity index (χ0n) is 10.3. The summed E-state index contributed by atoms with van der Waals surface area (Å²) in [6, 6.07) is 17.8. The zero-order chi connectivity index (χ0) is 13.1. The van der Waals surface area contributed by atoms with Crippen LogP contribution in [0.4, 0.5) is 5.69 Å². The third kappa shape index (κ3) is 2.25. The van der Waals surface area contributed by atoms with Gasteiger partial charge in [-0.05, 0) is 11.2 Å². The largest absolute Gasteiger partial charge is 0.359 e. The van der Waals surface area contributed by atoms with E-state index in [9.17, 15) is 4.91 Å². The summed E-state index contributed by atoms with van der Waals surface area (Å²) in [4.78, 5) is 15.3. The molecule has 1 aliphatic heterocycles. The fourth-order valence-electron chi connectivity index (χ4n) is 2.21. The SMILES string of the molecule is O=NC1CN=C(c2ccccc2)c2ccccc2N1. The Hall–Kier alpha value is -2.49. The topological polar surface area (TPSA) is 53.8 Å². The molecule has 2 aromatic rings. The Morgan fingerprint density at radius 1 is 1.05 bits per heavy atom. The lowest BCUT2D eigenvalue weighted by Crippen LogP contribution is -2.18. The molecule has 4 heteroatoms. The maximum absolute atomic E-state index is 10.8. The molecule has 1 atom stereocenters. The second kappa shape index (κ2) is 5.02. The molecular formula is C15H13N3O. The third-order valence-corrected chi connectivity index (χ3v) is 3.10. The molecule has 0 fully saturated rings. The van der Waals surface area contributed by atoms with Gasteiger partial charge in [0.25, 0.3) is 0 Å². The summed E-state index contributed by atoms with van der Waals surface area (Å²) in [6.45, 7) is 0.350. The van der Waals surface area contributed by atoms with Crippen LogP contribution in [0.15, 0.2) is 64.8 Å². The molecule has 2 aromatic carbocycles. The van der Waals surface area contributed by atoms with Crippen LogP contribution in [0.1, 0.15) is 11.1 Å².